The largest absolute Gasteiger partial charge is 0.378 e. The molecule has 0 aromatic rings. The Kier molecular flexibility index (Phi) is 3.41. The van der Waals surface area contributed by atoms with Gasteiger partial charge in [-0.05, 0) is 20.3 Å². The Hall–Kier alpha value is -0.0100. The third-order valence-electron chi connectivity index (χ3n) is 1.76. The van der Waals surface area contributed by atoms with Crippen molar-refractivity contribution < 1.29 is 4.74 Å². The standard InChI is InChI=1S/C9H15ClO/c1-7(2)11-6-8-3-4-9(10)5-8/h3-4,7-9H,5-6H2,1-2H3. The third-order valence-corrected chi connectivity index (χ3v) is 2.09. The number of allylic oxidation sites excluding steroid dienone is 1. The second kappa shape index (κ2) is 4.13. The smallest absolute Gasteiger partial charge is 0.0532 e. The van der Waals surface area contributed by atoms with Crippen LogP contribution >= 0.6 is 11.6 Å². The highest BCUT2D eigenvalue weighted by Crippen LogP contribution is 2.22. The zero-order chi connectivity index (χ0) is 8.27. The summed E-state index contributed by atoms with van der Waals surface area (Å²) in [6, 6.07) is 0. The normalized spacial score (nSPS) is 30.2. The molecule has 0 N–H and O–H groups in total. The van der Waals surface area contributed by atoms with Crippen LogP contribution in [0.3, 0.4) is 0 Å². The van der Waals surface area contributed by atoms with Gasteiger partial charge in [-0.15, -0.1) is 11.6 Å². The van der Waals surface area contributed by atoms with Crippen molar-refractivity contribution in [3.05, 3.63) is 12.2 Å². The molecule has 0 saturated carbocycles. The first kappa shape index (κ1) is 9.08. The van der Waals surface area contributed by atoms with Gasteiger partial charge in [-0.25, -0.2) is 0 Å². The van der Waals surface area contributed by atoms with Crippen molar-refractivity contribution in [2.75, 3.05) is 6.61 Å². The topological polar surface area (TPSA) is 9.23 Å². The molecule has 2 atom stereocenters. The molecule has 0 aliphatic heterocycles. The maximum atomic E-state index is 5.88. The summed E-state index contributed by atoms with van der Waals surface area (Å²) in [6.45, 7) is 4.92. The van der Waals surface area contributed by atoms with Gasteiger partial charge in [0.15, 0.2) is 0 Å². The minimum absolute atomic E-state index is 0.232. The van der Waals surface area contributed by atoms with Crippen LogP contribution in [0, 0.1) is 5.92 Å². The van der Waals surface area contributed by atoms with Crippen LogP contribution in [0.2, 0.25) is 0 Å². The summed E-state index contributed by atoms with van der Waals surface area (Å²) in [5, 5.41) is 0.232. The molecule has 0 saturated heterocycles. The highest BCUT2D eigenvalue weighted by atomic mass is 35.5. The first-order valence-corrected chi connectivity index (χ1v) is 4.56. The van der Waals surface area contributed by atoms with Crippen molar-refractivity contribution in [2.45, 2.75) is 31.7 Å². The van der Waals surface area contributed by atoms with Crippen LogP contribution in [-0.4, -0.2) is 18.1 Å². The molecule has 11 heavy (non-hydrogen) atoms. The second-order valence-corrected chi connectivity index (χ2v) is 3.84. The number of alkyl halides is 1. The van der Waals surface area contributed by atoms with E-state index >= 15 is 0 Å². The minimum atomic E-state index is 0.232. The molecule has 1 rings (SSSR count). The average molecular weight is 175 g/mol. The van der Waals surface area contributed by atoms with Crippen molar-refractivity contribution in [3.63, 3.8) is 0 Å². The van der Waals surface area contributed by atoms with Crippen LogP contribution in [0.4, 0.5) is 0 Å². The summed E-state index contributed by atoms with van der Waals surface area (Å²) in [6.07, 6.45) is 5.57. The molecule has 0 amide bonds. The number of rotatable bonds is 3. The molecular formula is C9H15ClO. The van der Waals surface area contributed by atoms with Crippen LogP contribution in [0.5, 0.6) is 0 Å². The number of hydrogen-bond acceptors (Lipinski definition) is 1. The van der Waals surface area contributed by atoms with Gasteiger partial charge in [0, 0.05) is 5.92 Å². The van der Waals surface area contributed by atoms with Gasteiger partial charge < -0.3 is 4.74 Å². The highest BCUT2D eigenvalue weighted by molar-refractivity contribution is 6.22. The molecule has 1 nitrogen and oxygen atoms in total. The molecule has 1 aliphatic rings. The van der Waals surface area contributed by atoms with Gasteiger partial charge in [0.2, 0.25) is 0 Å². The summed E-state index contributed by atoms with van der Waals surface area (Å²) < 4.78 is 5.46. The first-order chi connectivity index (χ1) is 5.18. The molecule has 1 aliphatic carbocycles. The van der Waals surface area contributed by atoms with Crippen molar-refractivity contribution in [2.24, 2.45) is 5.92 Å². The Morgan fingerprint density at radius 1 is 1.55 bits per heavy atom. The van der Waals surface area contributed by atoms with Crippen molar-refractivity contribution >= 4 is 11.6 Å². The summed E-state index contributed by atoms with van der Waals surface area (Å²) >= 11 is 5.88. The molecule has 0 heterocycles. The molecule has 0 bridgehead atoms. The van der Waals surface area contributed by atoms with Gasteiger partial charge in [-0.3, -0.25) is 0 Å². The van der Waals surface area contributed by atoms with Crippen LogP contribution in [0.15, 0.2) is 12.2 Å². The zero-order valence-electron chi connectivity index (χ0n) is 7.09. The number of halogens is 1. The van der Waals surface area contributed by atoms with E-state index in [4.69, 9.17) is 16.3 Å². The van der Waals surface area contributed by atoms with Crippen molar-refractivity contribution in [1.29, 1.82) is 0 Å². The van der Waals surface area contributed by atoms with E-state index in [-0.39, 0.29) is 5.38 Å². The molecule has 0 aromatic heterocycles. The van der Waals surface area contributed by atoms with Crippen LogP contribution in [-0.2, 0) is 4.74 Å². The van der Waals surface area contributed by atoms with E-state index < -0.39 is 0 Å². The fourth-order valence-corrected chi connectivity index (χ4v) is 1.48. The Labute approximate surface area is 73.4 Å². The Morgan fingerprint density at radius 3 is 2.73 bits per heavy atom. The summed E-state index contributed by atoms with van der Waals surface area (Å²) in [4.78, 5) is 0. The fraction of sp³-hybridized carbons (Fsp3) is 0.778. The molecule has 2 heteroatoms. The van der Waals surface area contributed by atoms with Crippen LogP contribution in [0.1, 0.15) is 20.3 Å². The van der Waals surface area contributed by atoms with E-state index in [1.54, 1.807) is 0 Å². The fourth-order valence-electron chi connectivity index (χ4n) is 1.16. The van der Waals surface area contributed by atoms with Gasteiger partial charge in [0.25, 0.3) is 0 Å². The molecule has 0 radical (unpaired) electrons. The lowest BCUT2D eigenvalue weighted by Crippen LogP contribution is -2.11. The molecule has 0 fully saturated rings. The van der Waals surface area contributed by atoms with Crippen molar-refractivity contribution in [3.8, 4) is 0 Å². The van der Waals surface area contributed by atoms with Crippen LogP contribution < -0.4 is 0 Å². The molecular weight excluding hydrogens is 160 g/mol. The molecule has 2 unspecified atom stereocenters. The summed E-state index contributed by atoms with van der Waals surface area (Å²) in [7, 11) is 0. The van der Waals surface area contributed by atoms with Gasteiger partial charge >= 0.3 is 0 Å². The van der Waals surface area contributed by atoms with Gasteiger partial charge in [-0.2, -0.15) is 0 Å². The van der Waals surface area contributed by atoms with Crippen molar-refractivity contribution in [1.82, 2.24) is 0 Å². The lowest BCUT2D eigenvalue weighted by molar-refractivity contribution is 0.0614. The Balaban J connectivity index is 2.14. The monoisotopic (exact) mass is 174 g/mol. The minimum Gasteiger partial charge on any atom is -0.378 e. The third kappa shape index (κ3) is 3.26. The first-order valence-electron chi connectivity index (χ1n) is 4.12. The number of ether oxygens (including phenoxy) is 1. The van der Waals surface area contributed by atoms with Crippen LogP contribution in [0.25, 0.3) is 0 Å². The molecule has 64 valence electrons. The second-order valence-electron chi connectivity index (χ2n) is 3.28. The molecule has 0 aromatic carbocycles. The van der Waals surface area contributed by atoms with E-state index in [1.165, 1.54) is 0 Å². The SMILES string of the molecule is CC(C)OCC1C=CC(Cl)C1. The predicted octanol–water partition coefficient (Wildman–Crippen LogP) is 2.59. The maximum Gasteiger partial charge on any atom is 0.0532 e. The van der Waals surface area contributed by atoms with E-state index in [9.17, 15) is 0 Å². The summed E-state index contributed by atoms with van der Waals surface area (Å²) in [5.74, 6) is 0.542. The predicted molar refractivity (Wildman–Crippen MR) is 48.0 cm³/mol. The van der Waals surface area contributed by atoms with E-state index in [1.807, 2.05) is 0 Å². The quantitative estimate of drug-likeness (QED) is 0.472. The highest BCUT2D eigenvalue weighted by Gasteiger charge is 2.16. The molecule has 0 spiro atoms. The lowest BCUT2D eigenvalue weighted by Gasteiger charge is -2.11. The lowest BCUT2D eigenvalue weighted by atomic mass is 10.1. The van der Waals surface area contributed by atoms with E-state index in [0.717, 1.165) is 13.0 Å². The number of hydrogen-bond donors (Lipinski definition) is 0. The Morgan fingerprint density at radius 2 is 2.27 bits per heavy atom. The maximum absolute atomic E-state index is 5.88. The van der Waals surface area contributed by atoms with E-state index in [2.05, 4.69) is 26.0 Å². The average Bonchev–Trinajstić information content (AvgIpc) is 2.31. The Bertz CT molecular complexity index is 142. The van der Waals surface area contributed by atoms with Gasteiger partial charge in [0.05, 0.1) is 18.1 Å². The summed E-state index contributed by atoms with van der Waals surface area (Å²) in [5.41, 5.74) is 0. The van der Waals surface area contributed by atoms with E-state index in [0.29, 0.717) is 12.0 Å². The van der Waals surface area contributed by atoms with Gasteiger partial charge in [0.1, 0.15) is 0 Å². The zero-order valence-corrected chi connectivity index (χ0v) is 7.84. The van der Waals surface area contributed by atoms with Gasteiger partial charge in [-0.1, -0.05) is 12.2 Å².